The van der Waals surface area contributed by atoms with E-state index in [0.717, 1.165) is 24.8 Å². The minimum atomic E-state index is -3.89. The van der Waals surface area contributed by atoms with Crippen LogP contribution in [0.2, 0.25) is 0 Å². The Morgan fingerprint density at radius 1 is 1.38 bits per heavy atom. The van der Waals surface area contributed by atoms with Gasteiger partial charge in [-0.05, 0) is 6.07 Å². The molecule has 2 aromatic heterocycles. The van der Waals surface area contributed by atoms with Crippen LogP contribution >= 0.6 is 0 Å². The Balaban J connectivity index is 2.33. The number of nitrogens with one attached hydrogen (secondary N) is 2. The number of sulfonamides is 1. The standard InChI is InChI=1S/C7H6FN5O2S/c8-5-1-6(3-9-2-5)16(14,15)13-7-10-4-11-12-7/h1-4H,(H2,10,11,12,13). The lowest BCUT2D eigenvalue weighted by atomic mass is 10.5. The van der Waals surface area contributed by atoms with Gasteiger partial charge in [-0.3, -0.25) is 4.98 Å². The molecule has 0 fully saturated rings. The lowest BCUT2D eigenvalue weighted by Crippen LogP contribution is -2.14. The average molecular weight is 243 g/mol. The molecule has 2 aromatic rings. The molecular weight excluding hydrogens is 237 g/mol. The first-order chi connectivity index (χ1) is 7.58. The molecule has 84 valence electrons. The second kappa shape index (κ2) is 3.85. The summed E-state index contributed by atoms with van der Waals surface area (Å²) in [5.41, 5.74) is 0. The molecule has 2 heterocycles. The van der Waals surface area contributed by atoms with E-state index in [1.54, 1.807) is 0 Å². The van der Waals surface area contributed by atoms with Gasteiger partial charge in [0.2, 0.25) is 5.95 Å². The molecule has 0 atom stereocenters. The quantitative estimate of drug-likeness (QED) is 0.798. The van der Waals surface area contributed by atoms with E-state index < -0.39 is 15.8 Å². The highest BCUT2D eigenvalue weighted by molar-refractivity contribution is 7.92. The monoisotopic (exact) mass is 243 g/mol. The number of hydrogen-bond acceptors (Lipinski definition) is 5. The first kappa shape index (κ1) is 10.5. The van der Waals surface area contributed by atoms with Crippen molar-refractivity contribution in [2.45, 2.75) is 4.90 Å². The molecular formula is C7H6FN5O2S. The Hall–Kier alpha value is -2.03. The van der Waals surface area contributed by atoms with Gasteiger partial charge in [-0.15, -0.1) is 0 Å². The normalized spacial score (nSPS) is 11.3. The van der Waals surface area contributed by atoms with Crippen LogP contribution in [0.1, 0.15) is 0 Å². The third-order valence-electron chi connectivity index (χ3n) is 1.64. The van der Waals surface area contributed by atoms with E-state index in [9.17, 15) is 12.8 Å². The van der Waals surface area contributed by atoms with Gasteiger partial charge in [0, 0.05) is 6.20 Å². The van der Waals surface area contributed by atoms with Gasteiger partial charge in [0.15, 0.2) is 0 Å². The van der Waals surface area contributed by atoms with E-state index in [2.05, 4.69) is 24.9 Å². The van der Waals surface area contributed by atoms with Crippen LogP contribution in [0, 0.1) is 5.82 Å². The summed E-state index contributed by atoms with van der Waals surface area (Å²) in [5.74, 6) is -0.787. The maximum Gasteiger partial charge on any atom is 0.265 e. The summed E-state index contributed by atoms with van der Waals surface area (Å²) in [6.07, 6.45) is 3.08. The first-order valence-corrected chi connectivity index (χ1v) is 5.55. The molecule has 0 saturated heterocycles. The lowest BCUT2D eigenvalue weighted by Gasteiger charge is -2.03. The van der Waals surface area contributed by atoms with Crippen molar-refractivity contribution >= 4 is 16.0 Å². The van der Waals surface area contributed by atoms with Gasteiger partial charge in [0.05, 0.1) is 6.20 Å². The van der Waals surface area contributed by atoms with Crippen molar-refractivity contribution in [3.63, 3.8) is 0 Å². The van der Waals surface area contributed by atoms with Gasteiger partial charge in [-0.2, -0.15) is 10.1 Å². The Morgan fingerprint density at radius 2 is 2.19 bits per heavy atom. The van der Waals surface area contributed by atoms with Crippen molar-refractivity contribution in [3.8, 4) is 0 Å². The van der Waals surface area contributed by atoms with E-state index in [-0.39, 0.29) is 10.8 Å². The number of hydrogen-bond donors (Lipinski definition) is 2. The zero-order chi connectivity index (χ0) is 11.6. The van der Waals surface area contributed by atoms with Gasteiger partial charge in [0.25, 0.3) is 10.0 Å². The van der Waals surface area contributed by atoms with Crippen molar-refractivity contribution in [2.75, 3.05) is 4.72 Å². The molecule has 0 aromatic carbocycles. The van der Waals surface area contributed by atoms with Crippen LogP contribution in [0.3, 0.4) is 0 Å². The Kier molecular flexibility index (Phi) is 2.52. The fourth-order valence-corrected chi connectivity index (χ4v) is 1.92. The lowest BCUT2D eigenvalue weighted by molar-refractivity contribution is 0.592. The minimum Gasteiger partial charge on any atom is -0.260 e. The first-order valence-electron chi connectivity index (χ1n) is 4.07. The van der Waals surface area contributed by atoms with E-state index >= 15 is 0 Å². The minimum absolute atomic E-state index is 0.0516. The molecule has 2 rings (SSSR count). The highest BCUT2D eigenvalue weighted by Gasteiger charge is 2.16. The number of aromatic nitrogens is 4. The molecule has 7 nitrogen and oxygen atoms in total. The van der Waals surface area contributed by atoms with Crippen molar-refractivity contribution in [1.29, 1.82) is 0 Å². The number of halogens is 1. The van der Waals surface area contributed by atoms with Crippen LogP contribution < -0.4 is 4.72 Å². The van der Waals surface area contributed by atoms with Crippen LogP contribution in [0.15, 0.2) is 29.7 Å². The van der Waals surface area contributed by atoms with E-state index in [0.29, 0.717) is 0 Å². The van der Waals surface area contributed by atoms with Crippen LogP contribution in [0.4, 0.5) is 10.3 Å². The Labute approximate surface area is 89.8 Å². The van der Waals surface area contributed by atoms with Crippen molar-refractivity contribution < 1.29 is 12.8 Å². The molecule has 0 spiro atoms. The maximum absolute atomic E-state index is 12.8. The topological polar surface area (TPSA) is 101 Å². The van der Waals surface area contributed by atoms with Crippen molar-refractivity contribution in [1.82, 2.24) is 20.2 Å². The van der Waals surface area contributed by atoms with Crippen molar-refractivity contribution in [2.24, 2.45) is 0 Å². The molecule has 0 saturated carbocycles. The molecule has 0 radical (unpaired) electrons. The predicted octanol–water partition coefficient (Wildman–Crippen LogP) is 0.140. The number of anilines is 1. The summed E-state index contributed by atoms with van der Waals surface area (Å²) in [5, 5.41) is 5.78. The number of H-pyrrole nitrogens is 1. The summed E-state index contributed by atoms with van der Waals surface area (Å²) in [7, 11) is -3.89. The molecule has 0 aliphatic heterocycles. The second-order valence-electron chi connectivity index (χ2n) is 2.78. The fourth-order valence-electron chi connectivity index (χ4n) is 0.980. The van der Waals surface area contributed by atoms with Gasteiger partial charge >= 0.3 is 0 Å². The largest absolute Gasteiger partial charge is 0.265 e. The molecule has 0 aliphatic rings. The number of rotatable bonds is 3. The zero-order valence-electron chi connectivity index (χ0n) is 7.75. The number of nitrogens with zero attached hydrogens (tertiary/aromatic N) is 3. The molecule has 0 aliphatic carbocycles. The summed E-state index contributed by atoms with van der Waals surface area (Å²) >= 11 is 0. The van der Waals surface area contributed by atoms with E-state index in [1.165, 1.54) is 0 Å². The molecule has 0 amide bonds. The summed E-state index contributed by atoms with van der Waals surface area (Å²) in [6.45, 7) is 0. The van der Waals surface area contributed by atoms with Crippen LogP contribution in [0.5, 0.6) is 0 Å². The number of pyridine rings is 1. The Bertz CT molecular complexity index is 583. The van der Waals surface area contributed by atoms with Crippen molar-refractivity contribution in [3.05, 3.63) is 30.6 Å². The average Bonchev–Trinajstić information content (AvgIpc) is 2.70. The fraction of sp³-hybridized carbons (Fsp3) is 0. The van der Waals surface area contributed by atoms with Crippen LogP contribution in [-0.2, 0) is 10.0 Å². The molecule has 0 bridgehead atoms. The predicted molar refractivity (Wildman–Crippen MR) is 51.4 cm³/mol. The number of aromatic amines is 1. The van der Waals surface area contributed by atoms with Gasteiger partial charge in [-0.1, -0.05) is 0 Å². The molecule has 9 heteroatoms. The highest BCUT2D eigenvalue weighted by atomic mass is 32.2. The third kappa shape index (κ3) is 2.14. The van der Waals surface area contributed by atoms with E-state index in [4.69, 9.17) is 0 Å². The van der Waals surface area contributed by atoms with Gasteiger partial charge in [0.1, 0.15) is 17.0 Å². The SMILES string of the molecule is O=S(=O)(Nc1ncn[nH]1)c1cncc(F)c1. The second-order valence-corrected chi connectivity index (χ2v) is 4.46. The molecule has 0 unspecified atom stereocenters. The van der Waals surface area contributed by atoms with Crippen LogP contribution in [-0.4, -0.2) is 28.6 Å². The highest BCUT2D eigenvalue weighted by Crippen LogP contribution is 2.11. The van der Waals surface area contributed by atoms with Gasteiger partial charge < -0.3 is 0 Å². The summed E-state index contributed by atoms with van der Waals surface area (Å²) in [4.78, 5) is 6.73. The Morgan fingerprint density at radius 3 is 2.81 bits per heavy atom. The molecule has 2 N–H and O–H groups in total. The smallest absolute Gasteiger partial charge is 0.260 e. The summed E-state index contributed by atoms with van der Waals surface area (Å²) in [6, 6.07) is 0.853. The maximum atomic E-state index is 12.8. The third-order valence-corrected chi connectivity index (χ3v) is 2.94. The summed E-state index contributed by atoms with van der Waals surface area (Å²) < 4.78 is 38.2. The zero-order valence-corrected chi connectivity index (χ0v) is 8.57. The van der Waals surface area contributed by atoms with Crippen LogP contribution in [0.25, 0.3) is 0 Å². The van der Waals surface area contributed by atoms with Gasteiger partial charge in [-0.25, -0.2) is 22.6 Å². The van der Waals surface area contributed by atoms with E-state index in [1.807, 2.05) is 0 Å². The molecule has 16 heavy (non-hydrogen) atoms.